The van der Waals surface area contributed by atoms with Crippen molar-refractivity contribution in [1.82, 2.24) is 9.55 Å². The minimum absolute atomic E-state index is 0. The minimum atomic E-state index is 0. The first-order chi connectivity index (χ1) is 16.1. The Balaban J connectivity index is 0.00000274. The zero-order chi connectivity index (χ0) is 22.8. The first kappa shape index (κ1) is 24.1. The van der Waals surface area contributed by atoms with Crippen LogP contribution in [-0.4, -0.2) is 28.6 Å². The molecule has 1 saturated heterocycles. The highest BCUT2D eigenvalue weighted by atomic mass is 35.5. The number of para-hydroxylation sites is 4. The molecule has 0 aliphatic carbocycles. The van der Waals surface area contributed by atoms with E-state index in [-0.39, 0.29) is 24.2 Å². The number of hydrogen-bond acceptors (Lipinski definition) is 3. The molecule has 5 rings (SSSR count). The van der Waals surface area contributed by atoms with Gasteiger partial charge in [-0.15, -0.1) is 12.4 Å². The molecule has 1 unspecified atom stereocenters. The fraction of sp³-hybridized carbons (Fsp3) is 0.259. The Morgan fingerprint density at radius 3 is 2.59 bits per heavy atom. The van der Waals surface area contributed by atoms with Crippen LogP contribution in [0.15, 0.2) is 72.8 Å². The lowest BCUT2D eigenvalue weighted by Gasteiger charge is -2.18. The number of rotatable bonds is 7. The lowest BCUT2D eigenvalue weighted by molar-refractivity contribution is -0.117. The Morgan fingerprint density at radius 1 is 1.03 bits per heavy atom. The van der Waals surface area contributed by atoms with Crippen LogP contribution >= 0.6 is 24.0 Å². The van der Waals surface area contributed by atoms with Gasteiger partial charge in [-0.05, 0) is 49.2 Å². The molecule has 1 fully saturated rings. The first-order valence-corrected chi connectivity index (χ1v) is 11.7. The van der Waals surface area contributed by atoms with Gasteiger partial charge in [0.15, 0.2) is 0 Å². The summed E-state index contributed by atoms with van der Waals surface area (Å²) in [5.74, 6) is 1.97. The third kappa shape index (κ3) is 4.77. The van der Waals surface area contributed by atoms with Crippen molar-refractivity contribution in [2.75, 3.05) is 18.1 Å². The van der Waals surface area contributed by atoms with Gasteiger partial charge in [-0.3, -0.25) is 4.79 Å². The van der Waals surface area contributed by atoms with Crippen LogP contribution in [0.3, 0.4) is 0 Å². The number of amides is 1. The standard InChI is InChI=1S/C27H26ClN3O2.ClH/c1-19-9-2-7-14-25(19)33-16-8-15-30-24-13-6-4-11-22(24)29-27(30)20-17-26(32)31(18-20)23-12-5-3-10-21(23)28;/h2-7,9-14,20H,8,15-18H2,1H3;1H. The molecule has 0 spiro atoms. The second-order valence-electron chi connectivity index (χ2n) is 8.43. The van der Waals surface area contributed by atoms with Crippen LogP contribution in [-0.2, 0) is 11.3 Å². The highest BCUT2D eigenvalue weighted by Gasteiger charge is 2.35. The molecular formula is C27H27Cl2N3O2. The Morgan fingerprint density at radius 2 is 1.76 bits per heavy atom. The summed E-state index contributed by atoms with van der Waals surface area (Å²) in [7, 11) is 0. The molecule has 0 saturated carbocycles. The Labute approximate surface area is 210 Å². The number of fused-ring (bicyclic) bond motifs is 1. The summed E-state index contributed by atoms with van der Waals surface area (Å²) in [5.41, 5.74) is 3.94. The molecule has 176 valence electrons. The largest absolute Gasteiger partial charge is 0.493 e. The van der Waals surface area contributed by atoms with Crippen LogP contribution < -0.4 is 9.64 Å². The quantitative estimate of drug-likeness (QED) is 0.278. The molecule has 0 N–H and O–H groups in total. The van der Waals surface area contributed by atoms with Crippen LogP contribution in [0.1, 0.15) is 30.1 Å². The minimum Gasteiger partial charge on any atom is -0.493 e. The lowest BCUT2D eigenvalue weighted by Crippen LogP contribution is -2.24. The van der Waals surface area contributed by atoms with Crippen molar-refractivity contribution in [2.45, 2.75) is 32.2 Å². The maximum atomic E-state index is 12.9. The van der Waals surface area contributed by atoms with E-state index in [2.05, 4.69) is 23.6 Å². The number of halogens is 2. The average Bonchev–Trinajstić information content (AvgIpc) is 3.38. The van der Waals surface area contributed by atoms with Crippen molar-refractivity contribution in [1.29, 1.82) is 0 Å². The molecule has 1 aromatic heterocycles. The Hall–Kier alpha value is -3.02. The Kier molecular flexibility index (Phi) is 7.44. The molecule has 3 aromatic carbocycles. The van der Waals surface area contributed by atoms with Crippen LogP contribution in [0.25, 0.3) is 11.0 Å². The van der Waals surface area contributed by atoms with Crippen molar-refractivity contribution < 1.29 is 9.53 Å². The second-order valence-corrected chi connectivity index (χ2v) is 8.84. The average molecular weight is 496 g/mol. The first-order valence-electron chi connectivity index (χ1n) is 11.3. The summed E-state index contributed by atoms with van der Waals surface area (Å²) >= 11 is 6.38. The van der Waals surface area contributed by atoms with Crippen molar-refractivity contribution in [3.05, 3.63) is 89.2 Å². The predicted octanol–water partition coefficient (Wildman–Crippen LogP) is 6.41. The fourth-order valence-electron chi connectivity index (χ4n) is 4.55. The van der Waals surface area contributed by atoms with Gasteiger partial charge in [-0.25, -0.2) is 4.98 Å². The highest BCUT2D eigenvalue weighted by Crippen LogP contribution is 2.36. The number of nitrogens with zero attached hydrogens (tertiary/aromatic N) is 3. The number of aryl methyl sites for hydroxylation is 2. The molecule has 1 aliphatic heterocycles. The molecule has 2 heterocycles. The maximum Gasteiger partial charge on any atom is 0.227 e. The third-order valence-electron chi connectivity index (χ3n) is 6.19. The third-order valence-corrected chi connectivity index (χ3v) is 6.51. The van der Waals surface area contributed by atoms with Gasteiger partial charge in [0, 0.05) is 25.4 Å². The van der Waals surface area contributed by atoms with E-state index in [1.165, 1.54) is 0 Å². The number of carbonyl (C=O) groups excluding carboxylic acids is 1. The number of aromatic nitrogens is 2. The van der Waals surface area contributed by atoms with Crippen LogP contribution in [0, 0.1) is 6.92 Å². The van der Waals surface area contributed by atoms with E-state index in [1.807, 2.05) is 60.7 Å². The molecular weight excluding hydrogens is 469 g/mol. The van der Waals surface area contributed by atoms with Gasteiger partial charge >= 0.3 is 0 Å². The van der Waals surface area contributed by atoms with Crippen LogP contribution in [0.4, 0.5) is 5.69 Å². The summed E-state index contributed by atoms with van der Waals surface area (Å²) in [6, 6.07) is 23.7. The van der Waals surface area contributed by atoms with Crippen LogP contribution in [0.2, 0.25) is 5.02 Å². The van der Waals surface area contributed by atoms with E-state index in [4.69, 9.17) is 21.3 Å². The van der Waals surface area contributed by atoms with Crippen molar-refractivity contribution in [2.24, 2.45) is 0 Å². The number of hydrogen-bond donors (Lipinski definition) is 0. The fourth-order valence-corrected chi connectivity index (χ4v) is 4.79. The Bertz CT molecular complexity index is 1300. The van der Waals surface area contributed by atoms with Crippen molar-refractivity contribution >= 4 is 46.6 Å². The molecule has 7 heteroatoms. The zero-order valence-electron chi connectivity index (χ0n) is 19.0. The molecule has 0 radical (unpaired) electrons. The molecule has 1 atom stereocenters. The number of ether oxygens (including phenoxy) is 1. The zero-order valence-corrected chi connectivity index (χ0v) is 20.6. The summed E-state index contributed by atoms with van der Waals surface area (Å²) in [6.45, 7) is 4.02. The van der Waals surface area contributed by atoms with Gasteiger partial charge in [0.2, 0.25) is 5.91 Å². The van der Waals surface area contributed by atoms with Crippen molar-refractivity contribution in [3.8, 4) is 5.75 Å². The van der Waals surface area contributed by atoms with Gasteiger partial charge in [0.25, 0.3) is 0 Å². The lowest BCUT2D eigenvalue weighted by atomic mass is 10.1. The topological polar surface area (TPSA) is 47.4 Å². The van der Waals surface area contributed by atoms with Gasteiger partial charge < -0.3 is 14.2 Å². The van der Waals surface area contributed by atoms with E-state index in [0.717, 1.165) is 46.8 Å². The van der Waals surface area contributed by atoms with E-state index in [1.54, 1.807) is 4.90 Å². The molecule has 5 nitrogen and oxygen atoms in total. The van der Waals surface area contributed by atoms with Crippen molar-refractivity contribution in [3.63, 3.8) is 0 Å². The summed E-state index contributed by atoms with van der Waals surface area (Å²) < 4.78 is 8.26. The normalized spacial score (nSPS) is 15.5. The number of benzene rings is 3. The summed E-state index contributed by atoms with van der Waals surface area (Å²) in [4.78, 5) is 19.6. The second kappa shape index (κ2) is 10.5. The number of anilines is 1. The molecule has 34 heavy (non-hydrogen) atoms. The van der Waals surface area contributed by atoms with E-state index in [0.29, 0.717) is 24.6 Å². The maximum absolute atomic E-state index is 12.9. The molecule has 1 amide bonds. The molecule has 4 aromatic rings. The van der Waals surface area contributed by atoms with Gasteiger partial charge in [-0.1, -0.05) is 54.1 Å². The van der Waals surface area contributed by atoms with E-state index in [9.17, 15) is 4.79 Å². The van der Waals surface area contributed by atoms with Gasteiger partial charge in [0.05, 0.1) is 28.4 Å². The van der Waals surface area contributed by atoms with E-state index >= 15 is 0 Å². The summed E-state index contributed by atoms with van der Waals surface area (Å²) in [6.07, 6.45) is 1.27. The monoisotopic (exact) mass is 495 g/mol. The van der Waals surface area contributed by atoms with Gasteiger partial charge in [0.1, 0.15) is 11.6 Å². The molecule has 0 bridgehead atoms. The number of carbonyl (C=O) groups is 1. The molecule has 1 aliphatic rings. The number of imidazole rings is 1. The van der Waals surface area contributed by atoms with Crippen LogP contribution in [0.5, 0.6) is 5.75 Å². The highest BCUT2D eigenvalue weighted by molar-refractivity contribution is 6.33. The van der Waals surface area contributed by atoms with E-state index < -0.39 is 0 Å². The van der Waals surface area contributed by atoms with Gasteiger partial charge in [-0.2, -0.15) is 0 Å². The SMILES string of the molecule is Cc1ccccc1OCCCn1c(C2CC(=O)N(c3ccccc3Cl)C2)nc2ccccc21.Cl. The summed E-state index contributed by atoms with van der Waals surface area (Å²) in [5, 5.41) is 0.591. The smallest absolute Gasteiger partial charge is 0.227 e. The predicted molar refractivity (Wildman–Crippen MR) is 139 cm³/mol.